The summed E-state index contributed by atoms with van der Waals surface area (Å²) in [5, 5.41) is 2.93. The highest BCUT2D eigenvalue weighted by Gasteiger charge is 2.24. The predicted molar refractivity (Wildman–Crippen MR) is 105 cm³/mol. The van der Waals surface area contributed by atoms with Crippen LogP contribution in [0.25, 0.3) is 0 Å². The third kappa shape index (κ3) is 5.31. The minimum absolute atomic E-state index is 0.00899. The number of nitrogens with zero attached hydrogens (tertiary/aromatic N) is 1. The van der Waals surface area contributed by atoms with E-state index in [9.17, 15) is 14.0 Å². The van der Waals surface area contributed by atoms with Gasteiger partial charge in [0.2, 0.25) is 5.91 Å². The summed E-state index contributed by atoms with van der Waals surface area (Å²) in [4.78, 5) is 26.6. The Bertz CT molecular complexity index is 815. The van der Waals surface area contributed by atoms with Crippen LogP contribution in [0, 0.1) is 5.82 Å². The number of hydrogen-bond acceptors (Lipinski definition) is 3. The first-order valence-electron chi connectivity index (χ1n) is 9.61. The molecule has 1 aliphatic heterocycles. The van der Waals surface area contributed by atoms with Gasteiger partial charge in [-0.25, -0.2) is 4.39 Å². The first-order chi connectivity index (χ1) is 13.5. The highest BCUT2D eigenvalue weighted by Crippen LogP contribution is 2.16. The van der Waals surface area contributed by atoms with Crippen LogP contribution in [0.2, 0.25) is 0 Å². The van der Waals surface area contributed by atoms with Crippen molar-refractivity contribution in [3.63, 3.8) is 0 Å². The van der Waals surface area contributed by atoms with Gasteiger partial charge in [-0.05, 0) is 55.7 Å². The molecule has 5 nitrogen and oxygen atoms in total. The molecule has 0 bridgehead atoms. The third-order valence-corrected chi connectivity index (χ3v) is 4.86. The zero-order valence-electron chi connectivity index (χ0n) is 16.0. The van der Waals surface area contributed by atoms with Gasteiger partial charge in [-0.3, -0.25) is 9.59 Å². The fourth-order valence-corrected chi connectivity index (χ4v) is 3.33. The quantitative estimate of drug-likeness (QED) is 0.832. The molecule has 0 radical (unpaired) electrons. The summed E-state index contributed by atoms with van der Waals surface area (Å²) in [5.74, 6) is 0.175. The molecule has 2 aromatic carbocycles. The van der Waals surface area contributed by atoms with E-state index in [-0.39, 0.29) is 17.9 Å². The van der Waals surface area contributed by atoms with Crippen molar-refractivity contribution in [1.82, 2.24) is 10.2 Å². The fourth-order valence-electron chi connectivity index (χ4n) is 3.33. The minimum atomic E-state index is -0.428. The number of carbonyl (C=O) groups excluding carboxylic acids is 2. The van der Waals surface area contributed by atoms with Crippen LogP contribution >= 0.6 is 0 Å². The SMILES string of the molecule is CCOc1ccc(CC(=O)N2CCC(NC(=O)c3cccc(F)c3)CC2)cc1. The van der Waals surface area contributed by atoms with Crippen LogP contribution in [0.1, 0.15) is 35.7 Å². The standard InChI is InChI=1S/C22H25FN2O3/c1-2-28-20-8-6-16(7-9-20)14-21(26)25-12-10-19(11-13-25)24-22(27)17-4-3-5-18(23)15-17/h3-9,15,19H,2,10-14H2,1H3,(H,24,27). The maximum atomic E-state index is 13.3. The molecule has 1 saturated heterocycles. The fraction of sp³-hybridized carbons (Fsp3) is 0.364. The number of likely N-dealkylation sites (tertiary alicyclic amines) is 1. The lowest BCUT2D eigenvalue weighted by atomic mass is 10.0. The van der Waals surface area contributed by atoms with Crippen molar-refractivity contribution in [2.45, 2.75) is 32.2 Å². The smallest absolute Gasteiger partial charge is 0.251 e. The molecule has 1 N–H and O–H groups in total. The number of piperidine rings is 1. The number of hydrogen-bond donors (Lipinski definition) is 1. The van der Waals surface area contributed by atoms with Crippen molar-refractivity contribution in [2.24, 2.45) is 0 Å². The van der Waals surface area contributed by atoms with Gasteiger partial charge in [0.15, 0.2) is 0 Å². The number of benzene rings is 2. The maximum absolute atomic E-state index is 13.3. The van der Waals surface area contributed by atoms with Crippen molar-refractivity contribution in [1.29, 1.82) is 0 Å². The molecule has 0 unspecified atom stereocenters. The van der Waals surface area contributed by atoms with Crippen LogP contribution < -0.4 is 10.1 Å². The van der Waals surface area contributed by atoms with Crippen molar-refractivity contribution < 1.29 is 18.7 Å². The first kappa shape index (κ1) is 19.9. The molecule has 0 saturated carbocycles. The lowest BCUT2D eigenvalue weighted by Gasteiger charge is -2.32. The third-order valence-electron chi connectivity index (χ3n) is 4.86. The van der Waals surface area contributed by atoms with Gasteiger partial charge < -0.3 is 15.0 Å². The Morgan fingerprint density at radius 3 is 2.50 bits per heavy atom. The molecule has 6 heteroatoms. The van der Waals surface area contributed by atoms with Crippen LogP contribution in [0.4, 0.5) is 4.39 Å². The maximum Gasteiger partial charge on any atom is 0.251 e. The largest absolute Gasteiger partial charge is 0.494 e. The van der Waals surface area contributed by atoms with Crippen molar-refractivity contribution in [3.05, 3.63) is 65.5 Å². The van der Waals surface area contributed by atoms with Gasteiger partial charge in [-0.2, -0.15) is 0 Å². The Hall–Kier alpha value is -2.89. The summed E-state index contributed by atoms with van der Waals surface area (Å²) >= 11 is 0. The lowest BCUT2D eigenvalue weighted by Crippen LogP contribution is -2.47. The number of rotatable bonds is 6. The van der Waals surface area contributed by atoms with Crippen LogP contribution in [0.3, 0.4) is 0 Å². The van der Waals surface area contributed by atoms with Crippen molar-refractivity contribution in [3.8, 4) is 5.75 Å². The number of nitrogens with one attached hydrogen (secondary N) is 1. The van der Waals surface area contributed by atoms with E-state index in [1.807, 2.05) is 36.1 Å². The number of carbonyl (C=O) groups is 2. The topological polar surface area (TPSA) is 58.6 Å². The van der Waals surface area contributed by atoms with Crippen LogP contribution in [-0.4, -0.2) is 42.5 Å². The summed E-state index contributed by atoms with van der Waals surface area (Å²) in [5.41, 5.74) is 1.27. The van der Waals surface area contributed by atoms with Gasteiger partial charge >= 0.3 is 0 Å². The molecule has 1 heterocycles. The Labute approximate surface area is 164 Å². The van der Waals surface area contributed by atoms with E-state index in [0.29, 0.717) is 44.5 Å². The van der Waals surface area contributed by atoms with E-state index in [1.165, 1.54) is 18.2 Å². The minimum Gasteiger partial charge on any atom is -0.494 e. The van der Waals surface area contributed by atoms with Gasteiger partial charge in [0.05, 0.1) is 13.0 Å². The molecule has 0 aromatic heterocycles. The van der Waals surface area contributed by atoms with Crippen molar-refractivity contribution in [2.75, 3.05) is 19.7 Å². The van der Waals surface area contributed by atoms with Gasteiger partial charge in [0, 0.05) is 24.7 Å². The van der Waals surface area contributed by atoms with E-state index in [1.54, 1.807) is 6.07 Å². The van der Waals surface area contributed by atoms with E-state index in [0.717, 1.165) is 11.3 Å². The molecule has 0 atom stereocenters. The second kappa shape index (κ2) is 9.35. The Kier molecular flexibility index (Phi) is 6.63. The molecule has 0 spiro atoms. The average molecular weight is 384 g/mol. The number of ether oxygens (including phenoxy) is 1. The Morgan fingerprint density at radius 2 is 1.86 bits per heavy atom. The second-order valence-corrected chi connectivity index (χ2v) is 6.89. The molecule has 1 fully saturated rings. The molecule has 28 heavy (non-hydrogen) atoms. The zero-order valence-corrected chi connectivity index (χ0v) is 16.0. The number of amides is 2. The summed E-state index contributed by atoms with van der Waals surface area (Å²) in [6.45, 7) is 3.75. The van der Waals surface area contributed by atoms with Crippen LogP contribution in [0.15, 0.2) is 48.5 Å². The van der Waals surface area contributed by atoms with E-state index in [4.69, 9.17) is 4.74 Å². The molecule has 1 aliphatic rings. The average Bonchev–Trinajstić information content (AvgIpc) is 2.70. The highest BCUT2D eigenvalue weighted by atomic mass is 19.1. The molecule has 148 valence electrons. The highest BCUT2D eigenvalue weighted by molar-refractivity contribution is 5.94. The number of halogens is 1. The lowest BCUT2D eigenvalue weighted by molar-refractivity contribution is -0.131. The van der Waals surface area contributed by atoms with Crippen LogP contribution in [0.5, 0.6) is 5.75 Å². The second-order valence-electron chi connectivity index (χ2n) is 6.89. The zero-order chi connectivity index (χ0) is 19.9. The molecular weight excluding hydrogens is 359 g/mol. The van der Waals surface area contributed by atoms with Gasteiger partial charge in [-0.1, -0.05) is 18.2 Å². The molecular formula is C22H25FN2O3. The molecule has 2 amide bonds. The summed E-state index contributed by atoms with van der Waals surface area (Å²) in [7, 11) is 0. The molecule has 0 aliphatic carbocycles. The monoisotopic (exact) mass is 384 g/mol. The van der Waals surface area contributed by atoms with E-state index in [2.05, 4.69) is 5.32 Å². The molecule has 2 aromatic rings. The van der Waals surface area contributed by atoms with Crippen molar-refractivity contribution >= 4 is 11.8 Å². The summed E-state index contributed by atoms with van der Waals surface area (Å²) in [6.07, 6.45) is 1.73. The van der Waals surface area contributed by atoms with Crippen LogP contribution in [-0.2, 0) is 11.2 Å². The van der Waals surface area contributed by atoms with Gasteiger partial charge in [-0.15, -0.1) is 0 Å². The predicted octanol–water partition coefficient (Wildman–Crippen LogP) is 3.19. The first-order valence-corrected chi connectivity index (χ1v) is 9.61. The van der Waals surface area contributed by atoms with Gasteiger partial charge in [0.1, 0.15) is 11.6 Å². The van der Waals surface area contributed by atoms with E-state index >= 15 is 0 Å². The summed E-state index contributed by atoms with van der Waals surface area (Å²) in [6, 6.07) is 13.2. The Balaban J connectivity index is 1.46. The van der Waals surface area contributed by atoms with Gasteiger partial charge in [0.25, 0.3) is 5.91 Å². The van der Waals surface area contributed by atoms with E-state index < -0.39 is 5.82 Å². The normalized spacial score (nSPS) is 14.6. The molecule has 3 rings (SSSR count). The Morgan fingerprint density at radius 1 is 1.14 bits per heavy atom. The summed E-state index contributed by atoms with van der Waals surface area (Å²) < 4.78 is 18.7.